The molecule has 0 N–H and O–H groups in total. The third-order valence-electron chi connectivity index (χ3n) is 4.67. The van der Waals surface area contributed by atoms with E-state index in [4.69, 9.17) is 0 Å². The van der Waals surface area contributed by atoms with Gasteiger partial charge in [-0.15, -0.1) is 5.10 Å². The predicted octanol–water partition coefficient (Wildman–Crippen LogP) is 1.64. The molecule has 2 aromatic heterocycles. The number of aryl methyl sites for hydroxylation is 1. The lowest BCUT2D eigenvalue weighted by Gasteiger charge is -2.34. The highest BCUT2D eigenvalue weighted by Gasteiger charge is 2.27. The second-order valence-corrected chi connectivity index (χ2v) is 6.20. The Labute approximate surface area is 145 Å². The van der Waals surface area contributed by atoms with Crippen molar-refractivity contribution in [2.45, 2.75) is 25.8 Å². The van der Waals surface area contributed by atoms with Crippen LogP contribution in [0.3, 0.4) is 0 Å². The van der Waals surface area contributed by atoms with E-state index >= 15 is 0 Å². The van der Waals surface area contributed by atoms with Crippen LogP contribution in [-0.4, -0.2) is 53.7 Å². The minimum atomic E-state index is 0.00793. The van der Waals surface area contributed by atoms with Gasteiger partial charge in [-0.3, -0.25) is 4.79 Å². The van der Waals surface area contributed by atoms with Crippen molar-refractivity contribution < 1.29 is 4.79 Å². The first-order chi connectivity index (χ1) is 12.2. The molecule has 0 bridgehead atoms. The number of benzene rings is 1. The van der Waals surface area contributed by atoms with Gasteiger partial charge in [0.05, 0.1) is 17.3 Å². The molecule has 3 aromatic rings. The fourth-order valence-corrected chi connectivity index (χ4v) is 3.44. The van der Waals surface area contributed by atoms with Crippen LogP contribution in [0.4, 0.5) is 0 Å². The van der Waals surface area contributed by atoms with Gasteiger partial charge in [0, 0.05) is 25.5 Å². The van der Waals surface area contributed by atoms with Crippen molar-refractivity contribution in [2.75, 3.05) is 13.1 Å². The van der Waals surface area contributed by atoms with Crippen LogP contribution in [0.5, 0.6) is 0 Å². The van der Waals surface area contributed by atoms with Crippen molar-refractivity contribution in [1.29, 1.82) is 0 Å². The van der Waals surface area contributed by atoms with Gasteiger partial charge >= 0.3 is 0 Å². The lowest BCUT2D eigenvalue weighted by atomic mass is 10.0. The van der Waals surface area contributed by atoms with Crippen molar-refractivity contribution in [2.24, 2.45) is 0 Å². The number of piperidine rings is 1. The Balaban J connectivity index is 1.60. The number of imidazole rings is 1. The summed E-state index contributed by atoms with van der Waals surface area (Å²) in [6.45, 7) is 3.43. The van der Waals surface area contributed by atoms with Gasteiger partial charge in [-0.1, -0.05) is 12.1 Å². The molecule has 3 heterocycles. The number of aromatic nitrogens is 6. The molecule has 0 radical (unpaired) electrons. The van der Waals surface area contributed by atoms with Crippen LogP contribution in [0.25, 0.3) is 5.69 Å². The van der Waals surface area contributed by atoms with Crippen LogP contribution >= 0.6 is 0 Å². The smallest absolute Gasteiger partial charge is 0.256 e. The highest BCUT2D eigenvalue weighted by Crippen LogP contribution is 2.25. The van der Waals surface area contributed by atoms with E-state index in [0.29, 0.717) is 17.8 Å². The van der Waals surface area contributed by atoms with Gasteiger partial charge in [-0.05, 0) is 42.3 Å². The first-order valence-corrected chi connectivity index (χ1v) is 8.35. The van der Waals surface area contributed by atoms with E-state index in [1.165, 1.54) is 11.0 Å². The Morgan fingerprint density at radius 2 is 2.16 bits per heavy atom. The molecule has 1 aromatic carbocycles. The van der Waals surface area contributed by atoms with Crippen LogP contribution in [0.1, 0.15) is 35.1 Å². The molecule has 4 rings (SSSR count). The molecule has 0 spiro atoms. The van der Waals surface area contributed by atoms with Crippen LogP contribution in [0.15, 0.2) is 43.0 Å². The number of amides is 1. The van der Waals surface area contributed by atoms with E-state index in [1.807, 2.05) is 48.5 Å². The number of nitrogens with zero attached hydrogens (tertiary/aromatic N) is 7. The molecule has 0 unspecified atom stereocenters. The number of likely N-dealkylation sites (tertiary alicyclic amines) is 1. The first-order valence-electron chi connectivity index (χ1n) is 8.35. The van der Waals surface area contributed by atoms with Crippen LogP contribution in [0, 0.1) is 6.92 Å². The van der Waals surface area contributed by atoms with Crippen LogP contribution < -0.4 is 0 Å². The number of hydrogen-bond acceptors (Lipinski definition) is 5. The number of hydrogen-bond donors (Lipinski definition) is 0. The van der Waals surface area contributed by atoms with Gasteiger partial charge in [-0.25, -0.2) is 4.98 Å². The summed E-state index contributed by atoms with van der Waals surface area (Å²) in [6, 6.07) is 7.68. The Bertz CT molecular complexity index is 871. The molecule has 25 heavy (non-hydrogen) atoms. The summed E-state index contributed by atoms with van der Waals surface area (Å²) in [4.78, 5) is 19.4. The molecule has 0 aliphatic carbocycles. The molecule has 128 valence electrons. The maximum Gasteiger partial charge on any atom is 0.256 e. The quantitative estimate of drug-likeness (QED) is 0.726. The number of carbonyl (C=O) groups excluding carboxylic acids is 1. The Morgan fingerprint density at radius 3 is 2.92 bits per heavy atom. The minimum Gasteiger partial charge on any atom is -0.337 e. The summed E-state index contributed by atoms with van der Waals surface area (Å²) in [6.07, 6.45) is 7.32. The average molecular weight is 337 g/mol. The molecule has 8 nitrogen and oxygen atoms in total. The predicted molar refractivity (Wildman–Crippen MR) is 90.3 cm³/mol. The van der Waals surface area contributed by atoms with E-state index in [1.54, 1.807) is 0 Å². The molecular weight excluding hydrogens is 318 g/mol. The van der Waals surface area contributed by atoms with E-state index in [2.05, 4.69) is 25.1 Å². The summed E-state index contributed by atoms with van der Waals surface area (Å²) in [5, 5.41) is 11.2. The van der Waals surface area contributed by atoms with Gasteiger partial charge < -0.3 is 9.47 Å². The number of tetrazole rings is 1. The summed E-state index contributed by atoms with van der Waals surface area (Å²) in [5.74, 6) is 0.988. The zero-order valence-electron chi connectivity index (χ0n) is 14.0. The molecule has 1 atom stereocenters. The summed E-state index contributed by atoms with van der Waals surface area (Å²) in [5.41, 5.74) is 1.30. The second-order valence-electron chi connectivity index (χ2n) is 6.20. The molecule has 1 aliphatic rings. The summed E-state index contributed by atoms with van der Waals surface area (Å²) < 4.78 is 3.68. The zero-order valence-corrected chi connectivity index (χ0v) is 14.0. The lowest BCUT2D eigenvalue weighted by Crippen LogP contribution is -2.41. The first kappa shape index (κ1) is 15.5. The Morgan fingerprint density at radius 1 is 1.28 bits per heavy atom. The van der Waals surface area contributed by atoms with Gasteiger partial charge in [-0.2, -0.15) is 4.68 Å². The van der Waals surface area contributed by atoms with Gasteiger partial charge in [0.25, 0.3) is 5.91 Å². The molecule has 1 fully saturated rings. The second kappa shape index (κ2) is 6.46. The summed E-state index contributed by atoms with van der Waals surface area (Å²) >= 11 is 0. The largest absolute Gasteiger partial charge is 0.337 e. The maximum absolute atomic E-state index is 13.1. The monoisotopic (exact) mass is 337 g/mol. The SMILES string of the molecule is Cc1nccn1[C@@H]1CCCN(C(=O)c2ccccc2-n2cnnn2)C1. The van der Waals surface area contributed by atoms with E-state index in [9.17, 15) is 4.79 Å². The van der Waals surface area contributed by atoms with E-state index in [0.717, 1.165) is 25.2 Å². The maximum atomic E-state index is 13.1. The third kappa shape index (κ3) is 2.90. The highest BCUT2D eigenvalue weighted by atomic mass is 16.2. The van der Waals surface area contributed by atoms with E-state index < -0.39 is 0 Å². The standard InChI is InChI=1S/C17H19N7O/c1-13-18-8-10-23(13)14-5-4-9-22(11-14)17(25)15-6-2-3-7-16(15)24-12-19-20-21-24/h2-3,6-8,10,12,14H,4-5,9,11H2,1H3/t14-/m1/s1. The Kier molecular flexibility index (Phi) is 4.01. The number of para-hydroxylation sites is 1. The number of rotatable bonds is 3. The normalized spacial score (nSPS) is 17.6. The van der Waals surface area contributed by atoms with Crippen molar-refractivity contribution in [1.82, 2.24) is 34.7 Å². The average Bonchev–Trinajstić information content (AvgIpc) is 3.33. The fourth-order valence-electron chi connectivity index (χ4n) is 3.44. The van der Waals surface area contributed by atoms with Crippen LogP contribution in [-0.2, 0) is 0 Å². The lowest BCUT2D eigenvalue weighted by molar-refractivity contribution is 0.0678. The molecule has 1 amide bonds. The molecule has 0 saturated carbocycles. The molecular formula is C17H19N7O. The molecule has 1 aliphatic heterocycles. The third-order valence-corrected chi connectivity index (χ3v) is 4.67. The fraction of sp³-hybridized carbons (Fsp3) is 0.353. The van der Waals surface area contributed by atoms with E-state index in [-0.39, 0.29) is 11.9 Å². The minimum absolute atomic E-state index is 0.00793. The van der Waals surface area contributed by atoms with Gasteiger partial charge in [0.2, 0.25) is 0 Å². The molecule has 1 saturated heterocycles. The van der Waals surface area contributed by atoms with Crippen molar-refractivity contribution in [3.8, 4) is 5.69 Å². The van der Waals surface area contributed by atoms with Crippen molar-refractivity contribution in [3.63, 3.8) is 0 Å². The highest BCUT2D eigenvalue weighted by molar-refractivity contribution is 5.97. The molecule has 8 heteroatoms. The van der Waals surface area contributed by atoms with Crippen molar-refractivity contribution in [3.05, 3.63) is 54.4 Å². The Hall–Kier alpha value is -3.03. The zero-order chi connectivity index (χ0) is 17.2. The topological polar surface area (TPSA) is 81.7 Å². The van der Waals surface area contributed by atoms with Gasteiger partial charge in [0.15, 0.2) is 0 Å². The number of carbonyl (C=O) groups is 1. The summed E-state index contributed by atoms with van der Waals surface area (Å²) in [7, 11) is 0. The van der Waals surface area contributed by atoms with Crippen LogP contribution in [0.2, 0.25) is 0 Å². The van der Waals surface area contributed by atoms with Gasteiger partial charge in [0.1, 0.15) is 12.2 Å². The van der Waals surface area contributed by atoms with Crippen molar-refractivity contribution >= 4 is 5.91 Å².